The summed E-state index contributed by atoms with van der Waals surface area (Å²) in [5.41, 5.74) is 1.53. The quantitative estimate of drug-likeness (QED) is 0.336. The fourth-order valence-electron chi connectivity index (χ4n) is 3.09. The van der Waals surface area contributed by atoms with Crippen LogP contribution in [0.5, 0.6) is 0 Å². The first-order valence-electron chi connectivity index (χ1n) is 9.30. The minimum Gasteiger partial charge on any atom is -0.363 e. The Hall–Kier alpha value is -1.87. The Labute approximate surface area is 152 Å². The van der Waals surface area contributed by atoms with E-state index < -0.39 is 0 Å². The van der Waals surface area contributed by atoms with Gasteiger partial charge in [-0.3, -0.25) is 5.01 Å². The maximum atomic E-state index is 5.68. The third-order valence-electron chi connectivity index (χ3n) is 5.00. The van der Waals surface area contributed by atoms with Crippen LogP contribution in [-0.2, 0) is 4.74 Å². The number of benzene rings is 1. The summed E-state index contributed by atoms with van der Waals surface area (Å²) in [6, 6.07) is 11.0. The zero-order valence-corrected chi connectivity index (χ0v) is 15.5. The van der Waals surface area contributed by atoms with Crippen LogP contribution >= 0.6 is 0 Å². The molecule has 0 N–H and O–H groups in total. The number of epoxide rings is 1. The number of ether oxygens (including phenoxy) is 1. The third-order valence-corrected chi connectivity index (χ3v) is 5.00. The van der Waals surface area contributed by atoms with Crippen molar-refractivity contribution in [3.8, 4) is 0 Å². The molecule has 2 fully saturated rings. The highest BCUT2D eigenvalue weighted by Gasteiger charge is 2.44. The monoisotopic (exact) mass is 338 g/mol. The van der Waals surface area contributed by atoms with Crippen molar-refractivity contribution < 1.29 is 4.74 Å². The maximum Gasteiger partial charge on any atom is 0.129 e. The Morgan fingerprint density at radius 1 is 1.28 bits per heavy atom. The number of nitrogens with zero attached hydrogens (tertiary/aromatic N) is 2. The van der Waals surface area contributed by atoms with Crippen LogP contribution in [0.4, 0.5) is 0 Å². The van der Waals surface area contributed by atoms with Crippen molar-refractivity contribution in [2.24, 2.45) is 10.5 Å². The summed E-state index contributed by atoms with van der Waals surface area (Å²) in [5.74, 6) is 0. The third kappa shape index (κ3) is 5.30. The lowest BCUT2D eigenvalue weighted by molar-refractivity contribution is 0.355. The van der Waals surface area contributed by atoms with Gasteiger partial charge >= 0.3 is 0 Å². The van der Waals surface area contributed by atoms with Gasteiger partial charge in [0.05, 0.1) is 25.4 Å². The van der Waals surface area contributed by atoms with Gasteiger partial charge in [-0.2, -0.15) is 5.10 Å². The van der Waals surface area contributed by atoms with Crippen LogP contribution in [0.2, 0.25) is 0 Å². The van der Waals surface area contributed by atoms with Crippen LogP contribution in [-0.4, -0.2) is 30.0 Å². The Kier molecular flexibility index (Phi) is 5.43. The highest BCUT2D eigenvalue weighted by molar-refractivity contribution is 5.72. The second-order valence-corrected chi connectivity index (χ2v) is 8.02. The van der Waals surface area contributed by atoms with Crippen molar-refractivity contribution in [2.45, 2.75) is 51.2 Å². The van der Waals surface area contributed by atoms with Gasteiger partial charge in [-0.1, -0.05) is 62.4 Å². The number of hydrazone groups is 1. The van der Waals surface area contributed by atoms with Crippen LogP contribution in [0.25, 0.3) is 0 Å². The summed E-state index contributed by atoms with van der Waals surface area (Å²) < 4.78 is 5.68. The van der Waals surface area contributed by atoms with Gasteiger partial charge in [0.2, 0.25) is 0 Å². The molecule has 25 heavy (non-hydrogen) atoms. The molecule has 0 bridgehead atoms. The van der Waals surface area contributed by atoms with Crippen LogP contribution in [0.3, 0.4) is 0 Å². The Bertz CT molecular complexity index is 629. The van der Waals surface area contributed by atoms with Gasteiger partial charge in [-0.15, -0.1) is 6.58 Å². The summed E-state index contributed by atoms with van der Waals surface area (Å²) >= 11 is 0. The molecule has 0 spiro atoms. The summed E-state index contributed by atoms with van der Waals surface area (Å²) in [5, 5.41) is 6.77. The minimum absolute atomic E-state index is 0.120. The summed E-state index contributed by atoms with van der Waals surface area (Å²) in [4.78, 5) is 0. The molecule has 0 amide bonds. The van der Waals surface area contributed by atoms with Gasteiger partial charge in [-0.25, -0.2) is 0 Å². The molecule has 3 heteroatoms. The van der Waals surface area contributed by atoms with E-state index in [2.05, 4.69) is 73.0 Å². The fraction of sp³-hybridized carbons (Fsp3) is 0.500. The lowest BCUT2D eigenvalue weighted by Gasteiger charge is -2.20. The van der Waals surface area contributed by atoms with Gasteiger partial charge in [0.1, 0.15) is 5.60 Å². The van der Waals surface area contributed by atoms with Gasteiger partial charge in [0, 0.05) is 0 Å². The van der Waals surface area contributed by atoms with E-state index in [4.69, 9.17) is 4.74 Å². The van der Waals surface area contributed by atoms with Crippen molar-refractivity contribution in [1.29, 1.82) is 0 Å². The molecular formula is C22H30N2O. The average Bonchev–Trinajstić information content (AvgIpc) is 3.49. The molecule has 2 heterocycles. The molecule has 2 saturated heterocycles. The van der Waals surface area contributed by atoms with Crippen molar-refractivity contribution in [1.82, 2.24) is 5.01 Å². The summed E-state index contributed by atoms with van der Waals surface area (Å²) in [7, 11) is 0. The first-order chi connectivity index (χ1) is 12.0. The van der Waals surface area contributed by atoms with Crippen molar-refractivity contribution >= 4 is 6.21 Å². The van der Waals surface area contributed by atoms with Crippen LogP contribution < -0.4 is 0 Å². The molecular weight excluding hydrogens is 308 g/mol. The number of hydrogen-bond donors (Lipinski definition) is 0. The molecule has 1 aromatic carbocycles. The van der Waals surface area contributed by atoms with E-state index in [0.29, 0.717) is 11.5 Å². The molecule has 0 saturated carbocycles. The normalized spacial score (nSPS) is 25.7. The van der Waals surface area contributed by atoms with Gasteiger partial charge in [0.15, 0.2) is 0 Å². The number of hydrogen-bond acceptors (Lipinski definition) is 3. The first-order valence-corrected chi connectivity index (χ1v) is 9.30. The second kappa shape index (κ2) is 7.57. The molecule has 3 nitrogen and oxygen atoms in total. The Morgan fingerprint density at radius 3 is 2.72 bits per heavy atom. The molecule has 0 aliphatic carbocycles. The van der Waals surface area contributed by atoms with Crippen LogP contribution in [0, 0.1) is 5.41 Å². The smallest absolute Gasteiger partial charge is 0.129 e. The number of allylic oxidation sites excluding steroid dienone is 3. The predicted molar refractivity (Wildman–Crippen MR) is 105 cm³/mol. The molecule has 2 aliphatic heterocycles. The Morgan fingerprint density at radius 2 is 2.04 bits per heavy atom. The van der Waals surface area contributed by atoms with E-state index in [1.165, 1.54) is 5.56 Å². The maximum absolute atomic E-state index is 5.68. The number of rotatable bonds is 10. The standard InChI is InChI=1S/C22H30N2O/c1-4-13-21(2,3)14-9-6-10-15-22(18-25-22)17-23-24-16-20(24)19-11-7-5-8-12-19/h4-9,11-12,17,20H,1,10,13-16,18H2,2-3H3/b9-6-,23-17+. The average molecular weight is 338 g/mol. The topological polar surface area (TPSA) is 27.9 Å². The highest BCUT2D eigenvalue weighted by atomic mass is 16.6. The highest BCUT2D eigenvalue weighted by Crippen LogP contribution is 2.36. The van der Waals surface area contributed by atoms with Crippen molar-refractivity contribution in [3.05, 3.63) is 60.7 Å². The SMILES string of the molecule is C=CCC(C)(C)C/C=C\CCC1(/C=N/N2CC2c2ccccc2)CO1. The lowest BCUT2D eigenvalue weighted by atomic mass is 9.85. The van der Waals surface area contributed by atoms with Gasteiger partial charge in [0.25, 0.3) is 0 Å². The second-order valence-electron chi connectivity index (χ2n) is 8.02. The van der Waals surface area contributed by atoms with Crippen LogP contribution in [0.1, 0.15) is 51.1 Å². The van der Waals surface area contributed by atoms with E-state index >= 15 is 0 Å². The van der Waals surface area contributed by atoms with E-state index in [0.717, 1.165) is 38.8 Å². The Balaban J connectivity index is 1.40. The zero-order chi connectivity index (χ0) is 17.8. The lowest BCUT2D eigenvalue weighted by Crippen LogP contribution is -2.13. The van der Waals surface area contributed by atoms with E-state index in [1.54, 1.807) is 0 Å². The summed E-state index contributed by atoms with van der Waals surface area (Å²) in [6.45, 7) is 10.2. The van der Waals surface area contributed by atoms with E-state index in [9.17, 15) is 0 Å². The first kappa shape index (κ1) is 17.9. The predicted octanol–water partition coefficient (Wildman–Crippen LogP) is 5.13. The van der Waals surface area contributed by atoms with Gasteiger partial charge < -0.3 is 4.74 Å². The molecule has 1 aromatic rings. The van der Waals surface area contributed by atoms with E-state index in [-0.39, 0.29) is 5.60 Å². The van der Waals surface area contributed by atoms with Crippen molar-refractivity contribution in [3.63, 3.8) is 0 Å². The minimum atomic E-state index is -0.120. The molecule has 134 valence electrons. The molecule has 2 atom stereocenters. The van der Waals surface area contributed by atoms with Crippen LogP contribution in [0.15, 0.2) is 60.2 Å². The van der Waals surface area contributed by atoms with E-state index in [1.807, 2.05) is 12.3 Å². The molecule has 0 radical (unpaired) electrons. The fourth-order valence-corrected chi connectivity index (χ4v) is 3.09. The molecule has 3 rings (SSSR count). The molecule has 0 aromatic heterocycles. The van der Waals surface area contributed by atoms with Crippen molar-refractivity contribution in [2.75, 3.05) is 13.2 Å². The molecule has 2 aliphatic rings. The summed E-state index contributed by atoms with van der Waals surface area (Å²) in [6.07, 6.45) is 12.8. The largest absolute Gasteiger partial charge is 0.363 e. The zero-order valence-electron chi connectivity index (χ0n) is 15.5. The molecule has 2 unspecified atom stereocenters. The van der Waals surface area contributed by atoms with Gasteiger partial charge in [-0.05, 0) is 36.7 Å².